The lowest BCUT2D eigenvalue weighted by molar-refractivity contribution is 1.60. The predicted molar refractivity (Wildman–Crippen MR) is 144 cm³/mol. The summed E-state index contributed by atoms with van der Waals surface area (Å²) < 4.78 is 2.36. The van der Waals surface area contributed by atoms with Gasteiger partial charge in [-0.15, -0.1) is 11.3 Å². The number of hydrogen-bond donors (Lipinski definition) is 2. The van der Waals surface area contributed by atoms with E-state index in [-0.39, 0.29) is 0 Å². The number of hydrogen-bond acceptors (Lipinski definition) is 3. The first kappa shape index (κ1) is 19.6. The Morgan fingerprint density at radius 3 is 1.61 bits per heavy atom. The van der Waals surface area contributed by atoms with Gasteiger partial charge in [-0.3, -0.25) is 0 Å². The molecule has 0 fully saturated rings. The molecule has 3 heteroatoms. The number of nitrogens with two attached hydrogens (primary N) is 2. The number of nitrogen functional groups attached to an aromatic ring is 2. The van der Waals surface area contributed by atoms with Crippen molar-refractivity contribution in [3.8, 4) is 33.4 Å². The molecule has 0 spiro atoms. The maximum atomic E-state index is 7.09. The molecule has 0 saturated heterocycles. The molecular formula is C30H22N2S. The lowest BCUT2D eigenvalue weighted by Crippen LogP contribution is -1.98. The van der Waals surface area contributed by atoms with E-state index in [0.29, 0.717) is 0 Å². The molecule has 33 heavy (non-hydrogen) atoms. The molecule has 0 aliphatic rings. The molecule has 158 valence electrons. The summed E-state index contributed by atoms with van der Waals surface area (Å²) in [5.41, 5.74) is 21.6. The smallest absolute Gasteiger partial charge is 0.0494 e. The van der Waals surface area contributed by atoms with Gasteiger partial charge < -0.3 is 11.5 Å². The van der Waals surface area contributed by atoms with Gasteiger partial charge in [-0.2, -0.15) is 0 Å². The highest BCUT2D eigenvalue weighted by Crippen LogP contribution is 2.53. The van der Waals surface area contributed by atoms with Crippen LogP contribution >= 0.6 is 11.3 Å². The van der Waals surface area contributed by atoms with E-state index < -0.39 is 0 Å². The van der Waals surface area contributed by atoms with Crippen LogP contribution in [0.3, 0.4) is 0 Å². The Hall–Kier alpha value is -4.08. The zero-order valence-electron chi connectivity index (χ0n) is 18.0. The van der Waals surface area contributed by atoms with Gasteiger partial charge >= 0.3 is 0 Å². The fourth-order valence-corrected chi connectivity index (χ4v) is 6.07. The topological polar surface area (TPSA) is 52.0 Å². The molecule has 0 amide bonds. The summed E-state index contributed by atoms with van der Waals surface area (Å²) in [5.74, 6) is 0. The zero-order valence-corrected chi connectivity index (χ0v) is 18.8. The van der Waals surface area contributed by atoms with Crippen molar-refractivity contribution in [1.82, 2.24) is 0 Å². The lowest BCUT2D eigenvalue weighted by Gasteiger charge is -2.20. The Balaban J connectivity index is 1.89. The van der Waals surface area contributed by atoms with Gasteiger partial charge in [0, 0.05) is 48.2 Å². The van der Waals surface area contributed by atoms with Gasteiger partial charge in [0.15, 0.2) is 0 Å². The SMILES string of the molecule is Nc1ccc2c(c1)sc1c(-c3ccccc3)c(N)c(-c3ccccc3)c(-c3ccccc3)c12. The van der Waals surface area contributed by atoms with E-state index >= 15 is 0 Å². The average Bonchev–Trinajstić information content (AvgIpc) is 3.22. The predicted octanol–water partition coefficient (Wildman–Crippen LogP) is 8.22. The van der Waals surface area contributed by atoms with Crippen LogP contribution in [0.15, 0.2) is 109 Å². The fraction of sp³-hybridized carbons (Fsp3) is 0. The molecule has 1 aromatic heterocycles. The largest absolute Gasteiger partial charge is 0.399 e. The standard InChI is InChI=1S/C30H22N2S/c31-22-16-17-23-24(18-22)33-30-27(21-14-8-3-9-15-21)29(32)26(20-12-6-2-7-13-20)25(28(23)30)19-10-4-1-5-11-19/h1-18H,31-32H2. The van der Waals surface area contributed by atoms with Crippen LogP contribution < -0.4 is 11.5 Å². The van der Waals surface area contributed by atoms with Crippen LogP contribution in [0.5, 0.6) is 0 Å². The van der Waals surface area contributed by atoms with Crippen LogP contribution in [-0.2, 0) is 0 Å². The minimum Gasteiger partial charge on any atom is -0.399 e. The van der Waals surface area contributed by atoms with Crippen molar-refractivity contribution >= 4 is 42.9 Å². The van der Waals surface area contributed by atoms with E-state index in [1.807, 2.05) is 18.2 Å². The Morgan fingerprint density at radius 1 is 0.515 bits per heavy atom. The lowest BCUT2D eigenvalue weighted by atomic mass is 9.85. The summed E-state index contributed by atoms with van der Waals surface area (Å²) in [6.45, 7) is 0. The van der Waals surface area contributed by atoms with Gasteiger partial charge in [0.1, 0.15) is 0 Å². The van der Waals surface area contributed by atoms with Gasteiger partial charge in [-0.05, 0) is 28.8 Å². The van der Waals surface area contributed by atoms with Crippen LogP contribution in [0.2, 0.25) is 0 Å². The van der Waals surface area contributed by atoms with E-state index in [2.05, 4.69) is 91.0 Å². The summed E-state index contributed by atoms with van der Waals surface area (Å²) in [7, 11) is 0. The van der Waals surface area contributed by atoms with Crippen LogP contribution in [0, 0.1) is 0 Å². The molecule has 0 radical (unpaired) electrons. The van der Waals surface area contributed by atoms with Crippen molar-refractivity contribution in [3.05, 3.63) is 109 Å². The Bertz CT molecular complexity index is 1600. The van der Waals surface area contributed by atoms with Crippen molar-refractivity contribution < 1.29 is 0 Å². The molecule has 6 rings (SSSR count). The molecule has 1 heterocycles. The summed E-state index contributed by atoms with van der Waals surface area (Å²) in [5, 5.41) is 2.44. The highest BCUT2D eigenvalue weighted by molar-refractivity contribution is 7.26. The second kappa shape index (κ2) is 7.80. The first-order chi connectivity index (χ1) is 16.2. The fourth-order valence-electron chi connectivity index (χ4n) is 4.73. The van der Waals surface area contributed by atoms with Crippen LogP contribution in [0.4, 0.5) is 11.4 Å². The summed E-state index contributed by atoms with van der Waals surface area (Å²) in [6, 6.07) is 37.7. The Kier molecular flexibility index (Phi) is 4.63. The third-order valence-corrected chi connectivity index (χ3v) is 7.34. The van der Waals surface area contributed by atoms with E-state index in [1.54, 1.807) is 11.3 Å². The molecule has 0 unspecified atom stereocenters. The normalized spacial score (nSPS) is 11.3. The second-order valence-electron chi connectivity index (χ2n) is 8.20. The average molecular weight is 443 g/mol. The van der Waals surface area contributed by atoms with E-state index in [9.17, 15) is 0 Å². The second-order valence-corrected chi connectivity index (χ2v) is 9.25. The molecule has 0 saturated carbocycles. The van der Waals surface area contributed by atoms with Gasteiger partial charge in [0.05, 0.1) is 0 Å². The maximum Gasteiger partial charge on any atom is 0.0494 e. The Morgan fingerprint density at radius 2 is 1.03 bits per heavy atom. The highest BCUT2D eigenvalue weighted by atomic mass is 32.1. The van der Waals surface area contributed by atoms with Crippen molar-refractivity contribution in [1.29, 1.82) is 0 Å². The minimum absolute atomic E-state index is 0.771. The van der Waals surface area contributed by atoms with E-state index in [1.165, 1.54) is 25.7 Å². The number of anilines is 2. The first-order valence-electron chi connectivity index (χ1n) is 11.0. The number of thiophene rings is 1. The van der Waals surface area contributed by atoms with E-state index in [0.717, 1.165) is 39.2 Å². The van der Waals surface area contributed by atoms with Crippen LogP contribution in [0.25, 0.3) is 53.6 Å². The third-order valence-electron chi connectivity index (χ3n) is 6.17. The summed E-state index contributed by atoms with van der Waals surface area (Å²) in [6.07, 6.45) is 0. The number of fused-ring (bicyclic) bond motifs is 3. The van der Waals surface area contributed by atoms with Gasteiger partial charge in [0.25, 0.3) is 0 Å². The zero-order chi connectivity index (χ0) is 22.4. The quantitative estimate of drug-likeness (QED) is 0.271. The van der Waals surface area contributed by atoms with Crippen LogP contribution in [0.1, 0.15) is 0 Å². The van der Waals surface area contributed by atoms with E-state index in [4.69, 9.17) is 11.5 Å². The molecule has 4 N–H and O–H groups in total. The Labute approximate surface area is 196 Å². The minimum atomic E-state index is 0.771. The highest BCUT2D eigenvalue weighted by Gasteiger charge is 2.24. The van der Waals surface area contributed by atoms with Crippen molar-refractivity contribution in [2.24, 2.45) is 0 Å². The molecule has 5 aromatic carbocycles. The third kappa shape index (κ3) is 3.17. The summed E-state index contributed by atoms with van der Waals surface area (Å²) in [4.78, 5) is 0. The van der Waals surface area contributed by atoms with Gasteiger partial charge in [-0.1, -0.05) is 97.1 Å². The number of rotatable bonds is 3. The number of benzene rings is 5. The first-order valence-corrected chi connectivity index (χ1v) is 11.8. The molecular weight excluding hydrogens is 420 g/mol. The maximum absolute atomic E-state index is 7.09. The van der Waals surface area contributed by atoms with Crippen LogP contribution in [-0.4, -0.2) is 0 Å². The molecule has 6 aromatic rings. The monoisotopic (exact) mass is 442 g/mol. The van der Waals surface area contributed by atoms with Crippen molar-refractivity contribution in [2.45, 2.75) is 0 Å². The summed E-state index contributed by atoms with van der Waals surface area (Å²) >= 11 is 1.76. The van der Waals surface area contributed by atoms with Gasteiger partial charge in [-0.25, -0.2) is 0 Å². The molecule has 2 nitrogen and oxygen atoms in total. The van der Waals surface area contributed by atoms with Crippen molar-refractivity contribution in [2.75, 3.05) is 11.5 Å². The molecule has 0 aliphatic heterocycles. The molecule has 0 atom stereocenters. The molecule has 0 aliphatic carbocycles. The molecule has 0 bridgehead atoms. The van der Waals surface area contributed by atoms with Gasteiger partial charge in [0.2, 0.25) is 0 Å². The van der Waals surface area contributed by atoms with Crippen molar-refractivity contribution in [3.63, 3.8) is 0 Å².